The molecule has 0 radical (unpaired) electrons. The Bertz CT molecular complexity index is 1180. The molecule has 156 valence electrons. The third-order valence-corrected chi connectivity index (χ3v) is 5.38. The highest BCUT2D eigenvalue weighted by Crippen LogP contribution is 2.39. The largest absolute Gasteiger partial charge is 0.496 e. The molecule has 0 unspecified atom stereocenters. The van der Waals surface area contributed by atoms with Crippen molar-refractivity contribution in [2.45, 2.75) is 13.8 Å². The van der Waals surface area contributed by atoms with Gasteiger partial charge in [-0.05, 0) is 55.3 Å². The molecular formula is C26H24N2O3. The van der Waals surface area contributed by atoms with Gasteiger partial charge in [-0.15, -0.1) is 0 Å². The molecule has 31 heavy (non-hydrogen) atoms. The van der Waals surface area contributed by atoms with Crippen LogP contribution >= 0.6 is 0 Å². The minimum Gasteiger partial charge on any atom is -0.496 e. The van der Waals surface area contributed by atoms with Gasteiger partial charge in [0.2, 0.25) is 0 Å². The summed E-state index contributed by atoms with van der Waals surface area (Å²) in [6.45, 7) is 3.90. The predicted molar refractivity (Wildman–Crippen MR) is 123 cm³/mol. The molecule has 0 fully saturated rings. The smallest absolute Gasteiger partial charge is 0.282 e. The SMILES string of the molecule is COc1ccccc1C1=C(N(C)c2ccccc2)C(=O)N(c2cc(C)cc(C)c2)C1=O. The van der Waals surface area contributed by atoms with Crippen molar-refractivity contribution in [3.8, 4) is 5.75 Å². The van der Waals surface area contributed by atoms with Gasteiger partial charge in [0.05, 0.1) is 18.4 Å². The van der Waals surface area contributed by atoms with Crippen LogP contribution in [0.2, 0.25) is 0 Å². The number of methoxy groups -OCH3 is 1. The Morgan fingerprint density at radius 2 is 1.42 bits per heavy atom. The van der Waals surface area contributed by atoms with E-state index in [1.165, 1.54) is 4.90 Å². The van der Waals surface area contributed by atoms with Gasteiger partial charge in [-0.2, -0.15) is 0 Å². The second kappa shape index (κ2) is 8.11. The zero-order valence-electron chi connectivity index (χ0n) is 18.0. The maximum absolute atomic E-state index is 13.7. The van der Waals surface area contributed by atoms with E-state index in [0.29, 0.717) is 28.3 Å². The molecule has 0 saturated heterocycles. The Labute approximate surface area is 182 Å². The first kappa shape index (κ1) is 20.4. The maximum atomic E-state index is 13.7. The highest BCUT2D eigenvalue weighted by molar-refractivity contribution is 6.46. The number of rotatable bonds is 5. The van der Waals surface area contributed by atoms with Crippen LogP contribution in [0.5, 0.6) is 5.75 Å². The molecule has 0 spiro atoms. The number of carbonyl (C=O) groups is 2. The van der Waals surface area contributed by atoms with Crippen LogP contribution in [0.25, 0.3) is 5.57 Å². The van der Waals surface area contributed by atoms with E-state index in [4.69, 9.17) is 4.74 Å². The first-order valence-corrected chi connectivity index (χ1v) is 10.1. The monoisotopic (exact) mass is 412 g/mol. The summed E-state index contributed by atoms with van der Waals surface area (Å²) in [6.07, 6.45) is 0. The number of aryl methyl sites for hydroxylation is 2. The number of likely N-dealkylation sites (N-methyl/N-ethyl adjacent to an activating group) is 1. The number of anilines is 2. The first-order chi connectivity index (χ1) is 14.9. The molecule has 5 heteroatoms. The number of nitrogens with zero attached hydrogens (tertiary/aromatic N) is 2. The van der Waals surface area contributed by atoms with Gasteiger partial charge in [0.25, 0.3) is 11.8 Å². The van der Waals surface area contributed by atoms with E-state index in [9.17, 15) is 9.59 Å². The third-order valence-electron chi connectivity index (χ3n) is 5.38. The quantitative estimate of drug-likeness (QED) is 0.569. The molecule has 0 N–H and O–H groups in total. The Kier molecular flexibility index (Phi) is 5.34. The van der Waals surface area contributed by atoms with Crippen LogP contribution in [0.15, 0.2) is 78.5 Å². The summed E-state index contributed by atoms with van der Waals surface area (Å²) in [7, 11) is 3.36. The normalized spacial score (nSPS) is 13.7. The van der Waals surface area contributed by atoms with Crippen LogP contribution in [-0.4, -0.2) is 26.0 Å². The standard InChI is InChI=1S/C26H24N2O3/c1-17-14-18(2)16-20(15-17)28-25(29)23(21-12-8-9-13-22(21)31-4)24(26(28)30)27(3)19-10-6-5-7-11-19/h5-16H,1-4H3. The lowest BCUT2D eigenvalue weighted by Gasteiger charge is -2.22. The predicted octanol–water partition coefficient (Wildman–Crippen LogP) is 4.73. The van der Waals surface area contributed by atoms with Crippen LogP contribution in [-0.2, 0) is 9.59 Å². The Morgan fingerprint density at radius 3 is 2.06 bits per heavy atom. The lowest BCUT2D eigenvalue weighted by molar-refractivity contribution is -0.120. The van der Waals surface area contributed by atoms with E-state index in [1.54, 1.807) is 25.1 Å². The number of para-hydroxylation sites is 2. The van der Waals surface area contributed by atoms with E-state index >= 15 is 0 Å². The number of carbonyl (C=O) groups excluding carboxylic acids is 2. The van der Waals surface area contributed by atoms with Crippen LogP contribution in [0.1, 0.15) is 16.7 Å². The van der Waals surface area contributed by atoms with E-state index in [1.807, 2.05) is 80.6 Å². The highest BCUT2D eigenvalue weighted by Gasteiger charge is 2.43. The van der Waals surface area contributed by atoms with Gasteiger partial charge in [-0.3, -0.25) is 9.59 Å². The summed E-state index contributed by atoms with van der Waals surface area (Å²) in [5.74, 6) is -0.181. The van der Waals surface area contributed by atoms with Crippen molar-refractivity contribution in [1.82, 2.24) is 0 Å². The number of hydrogen-bond acceptors (Lipinski definition) is 4. The summed E-state index contributed by atoms with van der Waals surface area (Å²) in [6, 6.07) is 22.5. The molecular weight excluding hydrogens is 388 g/mol. The number of imide groups is 1. The van der Waals surface area contributed by atoms with E-state index < -0.39 is 0 Å². The molecule has 0 bridgehead atoms. The van der Waals surface area contributed by atoms with Crippen molar-refractivity contribution < 1.29 is 14.3 Å². The Hall–Kier alpha value is -3.86. The molecule has 0 atom stereocenters. The second-order valence-electron chi connectivity index (χ2n) is 7.61. The number of hydrogen-bond donors (Lipinski definition) is 0. The van der Waals surface area contributed by atoms with Gasteiger partial charge in [-0.25, -0.2) is 4.90 Å². The van der Waals surface area contributed by atoms with Crippen LogP contribution in [0.3, 0.4) is 0 Å². The molecule has 5 nitrogen and oxygen atoms in total. The summed E-state index contributed by atoms with van der Waals surface area (Å²) in [5, 5.41) is 0. The number of amides is 2. The Balaban J connectivity index is 1.93. The van der Waals surface area contributed by atoms with Crippen molar-refractivity contribution in [3.05, 3.63) is 95.2 Å². The molecule has 2 amide bonds. The van der Waals surface area contributed by atoms with Crippen LogP contribution in [0, 0.1) is 13.8 Å². The fourth-order valence-corrected chi connectivity index (χ4v) is 4.02. The average Bonchev–Trinajstić information content (AvgIpc) is 3.02. The molecule has 3 aromatic rings. The number of ether oxygens (including phenoxy) is 1. The van der Waals surface area contributed by atoms with Gasteiger partial charge in [0, 0.05) is 18.3 Å². The van der Waals surface area contributed by atoms with Gasteiger partial charge in [0.15, 0.2) is 0 Å². The highest BCUT2D eigenvalue weighted by atomic mass is 16.5. The lowest BCUT2D eigenvalue weighted by Crippen LogP contribution is -2.34. The summed E-state index contributed by atoms with van der Waals surface area (Å²) in [5.41, 5.74) is 4.59. The first-order valence-electron chi connectivity index (χ1n) is 10.1. The molecule has 1 aliphatic heterocycles. The van der Waals surface area contributed by atoms with E-state index in [0.717, 1.165) is 16.8 Å². The zero-order chi connectivity index (χ0) is 22.1. The fraction of sp³-hybridized carbons (Fsp3) is 0.154. The molecule has 1 aliphatic rings. The summed E-state index contributed by atoms with van der Waals surface area (Å²) < 4.78 is 5.52. The van der Waals surface area contributed by atoms with E-state index in [2.05, 4.69) is 0 Å². The molecule has 0 aromatic heterocycles. The third kappa shape index (κ3) is 3.59. The Morgan fingerprint density at radius 1 is 0.806 bits per heavy atom. The molecule has 4 rings (SSSR count). The topological polar surface area (TPSA) is 49.9 Å². The van der Waals surface area contributed by atoms with Crippen molar-refractivity contribution in [1.29, 1.82) is 0 Å². The molecule has 0 saturated carbocycles. The summed E-state index contributed by atoms with van der Waals surface area (Å²) >= 11 is 0. The van der Waals surface area contributed by atoms with E-state index in [-0.39, 0.29) is 11.8 Å². The average molecular weight is 412 g/mol. The minimum atomic E-state index is -0.364. The lowest BCUT2D eigenvalue weighted by atomic mass is 10.0. The summed E-state index contributed by atoms with van der Waals surface area (Å²) in [4.78, 5) is 30.4. The van der Waals surface area contributed by atoms with Gasteiger partial charge < -0.3 is 9.64 Å². The van der Waals surface area contributed by atoms with Crippen LogP contribution < -0.4 is 14.5 Å². The van der Waals surface area contributed by atoms with Crippen LogP contribution in [0.4, 0.5) is 11.4 Å². The van der Waals surface area contributed by atoms with Crippen molar-refractivity contribution >= 4 is 28.8 Å². The van der Waals surface area contributed by atoms with Gasteiger partial charge in [-0.1, -0.05) is 42.5 Å². The second-order valence-corrected chi connectivity index (χ2v) is 7.61. The van der Waals surface area contributed by atoms with Crippen molar-refractivity contribution in [3.63, 3.8) is 0 Å². The van der Waals surface area contributed by atoms with Gasteiger partial charge in [0.1, 0.15) is 11.4 Å². The van der Waals surface area contributed by atoms with Gasteiger partial charge >= 0.3 is 0 Å². The molecule has 3 aromatic carbocycles. The van der Waals surface area contributed by atoms with Crippen molar-refractivity contribution in [2.24, 2.45) is 0 Å². The minimum absolute atomic E-state index is 0.319. The fourth-order valence-electron chi connectivity index (χ4n) is 4.02. The zero-order valence-corrected chi connectivity index (χ0v) is 18.0. The number of benzene rings is 3. The molecule has 0 aliphatic carbocycles. The molecule has 1 heterocycles. The maximum Gasteiger partial charge on any atom is 0.282 e. The van der Waals surface area contributed by atoms with Crippen molar-refractivity contribution in [2.75, 3.05) is 24.0 Å².